The maximum absolute atomic E-state index is 12.4. The van der Waals surface area contributed by atoms with E-state index >= 15 is 0 Å². The maximum atomic E-state index is 12.4. The number of rotatable bonds is 2. The Kier molecular flexibility index (Phi) is 4.13. The first kappa shape index (κ1) is 14.6. The van der Waals surface area contributed by atoms with E-state index in [1.807, 2.05) is 22.8 Å². The second-order valence-corrected chi connectivity index (χ2v) is 5.91. The van der Waals surface area contributed by atoms with Crippen molar-refractivity contribution in [2.45, 2.75) is 32.9 Å². The molecule has 1 aliphatic heterocycles. The van der Waals surface area contributed by atoms with Crippen LogP contribution in [0.1, 0.15) is 28.8 Å². The average molecular weight is 298 g/mol. The summed E-state index contributed by atoms with van der Waals surface area (Å²) in [6.07, 6.45) is 3.83. The predicted molar refractivity (Wildman–Crippen MR) is 85.4 cm³/mol. The molecule has 1 aliphatic rings. The van der Waals surface area contributed by atoms with Gasteiger partial charge in [-0.1, -0.05) is 29.8 Å². The van der Waals surface area contributed by atoms with Crippen LogP contribution in [0.4, 0.5) is 4.79 Å². The third-order valence-corrected chi connectivity index (χ3v) is 4.20. The smallest absolute Gasteiger partial charge is 0.317 e. The molecule has 0 unspecified atom stereocenters. The number of carbonyl (C=O) groups is 1. The van der Waals surface area contributed by atoms with Gasteiger partial charge in [0.1, 0.15) is 0 Å². The summed E-state index contributed by atoms with van der Waals surface area (Å²) in [5.74, 6) is 0. The van der Waals surface area contributed by atoms with E-state index in [0.29, 0.717) is 13.1 Å². The van der Waals surface area contributed by atoms with Gasteiger partial charge in [0.25, 0.3) is 0 Å². The number of aryl methyl sites for hydroxylation is 2. The quantitative estimate of drug-likeness (QED) is 0.925. The van der Waals surface area contributed by atoms with Gasteiger partial charge in [0, 0.05) is 31.4 Å². The van der Waals surface area contributed by atoms with Crippen LogP contribution in [0.3, 0.4) is 0 Å². The molecule has 0 fully saturated rings. The van der Waals surface area contributed by atoms with Crippen LogP contribution in [0.15, 0.2) is 30.5 Å². The summed E-state index contributed by atoms with van der Waals surface area (Å²) in [6.45, 7) is 4.05. The molecular formula is C17H22N4O. The third kappa shape index (κ3) is 3.13. The topological polar surface area (TPSA) is 50.2 Å². The summed E-state index contributed by atoms with van der Waals surface area (Å²) in [7, 11) is 1.96. The Labute approximate surface area is 130 Å². The highest BCUT2D eigenvalue weighted by Crippen LogP contribution is 2.17. The van der Waals surface area contributed by atoms with Gasteiger partial charge in [-0.2, -0.15) is 5.10 Å². The number of nitrogens with one attached hydrogen (secondary N) is 1. The van der Waals surface area contributed by atoms with Crippen molar-refractivity contribution in [1.82, 2.24) is 20.0 Å². The van der Waals surface area contributed by atoms with Gasteiger partial charge in [-0.3, -0.25) is 4.68 Å². The lowest BCUT2D eigenvalue weighted by Gasteiger charge is -2.21. The Morgan fingerprint density at radius 1 is 1.32 bits per heavy atom. The Balaban J connectivity index is 1.61. The predicted octanol–water partition coefficient (Wildman–Crippen LogP) is 2.39. The fourth-order valence-electron chi connectivity index (χ4n) is 2.85. The number of hydrogen-bond donors (Lipinski definition) is 1. The molecule has 5 heteroatoms. The zero-order chi connectivity index (χ0) is 15.5. The van der Waals surface area contributed by atoms with Crippen LogP contribution >= 0.6 is 0 Å². The molecule has 3 rings (SSSR count). The lowest BCUT2D eigenvalue weighted by atomic mass is 10.1. The second kappa shape index (κ2) is 6.22. The molecule has 2 heterocycles. The molecule has 2 amide bonds. The lowest BCUT2D eigenvalue weighted by Crippen LogP contribution is -2.39. The minimum Gasteiger partial charge on any atom is -0.334 e. The van der Waals surface area contributed by atoms with Crippen molar-refractivity contribution in [3.63, 3.8) is 0 Å². The van der Waals surface area contributed by atoms with Gasteiger partial charge in [-0.05, 0) is 25.3 Å². The lowest BCUT2D eigenvalue weighted by molar-refractivity contribution is 0.195. The molecule has 5 nitrogen and oxygen atoms in total. The van der Waals surface area contributed by atoms with Crippen molar-refractivity contribution in [1.29, 1.82) is 0 Å². The molecule has 116 valence electrons. The van der Waals surface area contributed by atoms with Gasteiger partial charge in [-0.25, -0.2) is 4.79 Å². The third-order valence-electron chi connectivity index (χ3n) is 4.20. The number of fused-ring (bicyclic) bond motifs is 1. The minimum absolute atomic E-state index is 0.00252. The molecule has 0 saturated carbocycles. The fourth-order valence-corrected chi connectivity index (χ4v) is 2.85. The first-order valence-corrected chi connectivity index (χ1v) is 7.71. The molecule has 1 N–H and O–H groups in total. The fraction of sp³-hybridized carbons (Fsp3) is 0.412. The summed E-state index contributed by atoms with van der Waals surface area (Å²) in [6, 6.07) is 8.23. The molecule has 2 aromatic rings. The molecular weight excluding hydrogens is 276 g/mol. The number of amides is 2. The highest BCUT2D eigenvalue weighted by Gasteiger charge is 2.20. The highest BCUT2D eigenvalue weighted by molar-refractivity contribution is 5.74. The van der Waals surface area contributed by atoms with E-state index in [1.165, 1.54) is 11.3 Å². The first-order chi connectivity index (χ1) is 10.6. The van der Waals surface area contributed by atoms with E-state index in [1.54, 1.807) is 0 Å². The van der Waals surface area contributed by atoms with Gasteiger partial charge in [-0.15, -0.1) is 0 Å². The number of carbonyl (C=O) groups excluding carboxylic acids is 1. The molecule has 1 aromatic heterocycles. The normalized spacial score (nSPS) is 14.4. The van der Waals surface area contributed by atoms with Crippen molar-refractivity contribution in [2.24, 2.45) is 7.05 Å². The summed E-state index contributed by atoms with van der Waals surface area (Å²) in [5.41, 5.74) is 4.75. The van der Waals surface area contributed by atoms with Crippen LogP contribution in [0.2, 0.25) is 0 Å². The number of aromatic nitrogens is 2. The summed E-state index contributed by atoms with van der Waals surface area (Å²) in [5, 5.41) is 7.31. The molecule has 0 aliphatic carbocycles. The largest absolute Gasteiger partial charge is 0.334 e. The van der Waals surface area contributed by atoms with Crippen LogP contribution in [0.25, 0.3) is 0 Å². The zero-order valence-electron chi connectivity index (χ0n) is 13.2. The zero-order valence-corrected chi connectivity index (χ0v) is 13.2. The van der Waals surface area contributed by atoms with Gasteiger partial charge in [0.05, 0.1) is 12.7 Å². The molecule has 0 spiro atoms. The number of urea groups is 1. The Hall–Kier alpha value is -2.30. The van der Waals surface area contributed by atoms with E-state index in [2.05, 4.69) is 41.6 Å². The molecule has 22 heavy (non-hydrogen) atoms. The number of benzene rings is 1. The highest BCUT2D eigenvalue weighted by atomic mass is 16.2. The van der Waals surface area contributed by atoms with Gasteiger partial charge < -0.3 is 10.2 Å². The molecule has 0 saturated heterocycles. The van der Waals surface area contributed by atoms with Crippen LogP contribution in [-0.4, -0.2) is 27.3 Å². The SMILES string of the molecule is Cc1ccc(CNC(=O)N2CCCc3c(cnn3C)C2)cc1. The van der Waals surface area contributed by atoms with Crippen molar-refractivity contribution in [3.05, 3.63) is 52.8 Å². The Bertz CT molecular complexity index is 660. The molecule has 0 atom stereocenters. The summed E-state index contributed by atoms with van der Waals surface area (Å²) < 4.78 is 1.92. The molecule has 0 bridgehead atoms. The monoisotopic (exact) mass is 298 g/mol. The van der Waals surface area contributed by atoms with Crippen LogP contribution in [0, 0.1) is 6.92 Å². The minimum atomic E-state index is -0.00252. The van der Waals surface area contributed by atoms with Crippen LogP contribution in [0.5, 0.6) is 0 Å². The van der Waals surface area contributed by atoms with Crippen molar-refractivity contribution in [2.75, 3.05) is 6.54 Å². The van der Waals surface area contributed by atoms with Crippen molar-refractivity contribution in [3.8, 4) is 0 Å². The molecule has 0 radical (unpaired) electrons. The van der Waals surface area contributed by atoms with Gasteiger partial charge >= 0.3 is 6.03 Å². The standard InChI is InChI=1S/C17H22N4O/c1-13-5-7-14(8-6-13)10-18-17(22)21-9-3-4-16-15(12-21)11-19-20(16)2/h5-8,11H,3-4,9-10,12H2,1-2H3,(H,18,22). The average Bonchev–Trinajstić information content (AvgIpc) is 2.74. The Morgan fingerprint density at radius 2 is 2.09 bits per heavy atom. The van der Waals surface area contributed by atoms with Crippen LogP contribution < -0.4 is 5.32 Å². The van der Waals surface area contributed by atoms with Gasteiger partial charge in [0.15, 0.2) is 0 Å². The number of hydrogen-bond acceptors (Lipinski definition) is 2. The van der Waals surface area contributed by atoms with E-state index in [9.17, 15) is 4.79 Å². The van der Waals surface area contributed by atoms with Crippen molar-refractivity contribution >= 4 is 6.03 Å². The first-order valence-electron chi connectivity index (χ1n) is 7.71. The van der Waals surface area contributed by atoms with Gasteiger partial charge in [0.2, 0.25) is 0 Å². The van der Waals surface area contributed by atoms with Crippen LogP contribution in [-0.2, 0) is 26.6 Å². The Morgan fingerprint density at radius 3 is 2.86 bits per heavy atom. The van der Waals surface area contributed by atoms with E-state index in [4.69, 9.17) is 0 Å². The number of nitrogens with zero attached hydrogens (tertiary/aromatic N) is 3. The summed E-state index contributed by atoms with van der Waals surface area (Å²) >= 11 is 0. The van der Waals surface area contributed by atoms with E-state index < -0.39 is 0 Å². The summed E-state index contributed by atoms with van der Waals surface area (Å²) in [4.78, 5) is 14.3. The van der Waals surface area contributed by atoms with Crippen molar-refractivity contribution < 1.29 is 4.79 Å². The second-order valence-electron chi connectivity index (χ2n) is 5.91. The molecule has 1 aromatic carbocycles. The maximum Gasteiger partial charge on any atom is 0.317 e. The van der Waals surface area contributed by atoms with E-state index in [0.717, 1.165) is 30.5 Å². The van der Waals surface area contributed by atoms with E-state index in [-0.39, 0.29) is 6.03 Å².